The summed E-state index contributed by atoms with van der Waals surface area (Å²) in [7, 11) is 1.42. The van der Waals surface area contributed by atoms with Gasteiger partial charge in [-0.25, -0.2) is 14.2 Å². The van der Waals surface area contributed by atoms with Crippen LogP contribution in [-0.2, 0) is 20.8 Å². The average Bonchev–Trinajstić information content (AvgIpc) is 3.20. The Balaban J connectivity index is 1.83. The Labute approximate surface area is 175 Å². The summed E-state index contributed by atoms with van der Waals surface area (Å²) >= 11 is 5.81. The van der Waals surface area contributed by atoms with Gasteiger partial charge in [0.2, 0.25) is 0 Å². The van der Waals surface area contributed by atoms with Gasteiger partial charge in [-0.3, -0.25) is 4.79 Å². The predicted octanol–water partition coefficient (Wildman–Crippen LogP) is 4.73. The summed E-state index contributed by atoms with van der Waals surface area (Å²) in [5.74, 6) is -0.811. The summed E-state index contributed by atoms with van der Waals surface area (Å²) in [6, 6.07) is 1.51. The van der Waals surface area contributed by atoms with Gasteiger partial charge in [-0.1, -0.05) is 11.6 Å². The van der Waals surface area contributed by atoms with Gasteiger partial charge < -0.3 is 14.4 Å². The Hall–Kier alpha value is -1.89. The van der Waals surface area contributed by atoms with Gasteiger partial charge in [0, 0.05) is 18.3 Å². The number of carbonyl (C=O) groups is 2. The molecule has 160 valence electrons. The topological polar surface area (TPSA) is 68.7 Å². The summed E-state index contributed by atoms with van der Waals surface area (Å²) in [5, 5.41) is -0.226. The molecular weight excluding hydrogens is 399 g/mol. The van der Waals surface area contributed by atoms with E-state index in [9.17, 15) is 14.0 Å². The van der Waals surface area contributed by atoms with Gasteiger partial charge in [-0.15, -0.1) is 0 Å². The highest BCUT2D eigenvalue weighted by molar-refractivity contribution is 6.29. The lowest BCUT2D eigenvalue weighted by atomic mass is 9.82. The van der Waals surface area contributed by atoms with Gasteiger partial charge in [0.05, 0.1) is 19.1 Å². The fourth-order valence-electron chi connectivity index (χ4n) is 4.74. The van der Waals surface area contributed by atoms with Crippen LogP contribution in [0.15, 0.2) is 12.3 Å². The largest absolute Gasteiger partial charge is 0.469 e. The maximum absolute atomic E-state index is 14.4. The second kappa shape index (κ2) is 7.74. The van der Waals surface area contributed by atoms with Crippen LogP contribution in [0.25, 0.3) is 0 Å². The van der Waals surface area contributed by atoms with Crippen LogP contribution in [0.4, 0.5) is 9.18 Å². The molecule has 0 unspecified atom stereocenters. The van der Waals surface area contributed by atoms with Crippen molar-refractivity contribution < 1.29 is 23.5 Å². The van der Waals surface area contributed by atoms with Crippen molar-refractivity contribution in [3.63, 3.8) is 0 Å². The Morgan fingerprint density at radius 1 is 1.28 bits per heavy atom. The van der Waals surface area contributed by atoms with Gasteiger partial charge in [0.15, 0.2) is 11.0 Å². The molecule has 0 aromatic carbocycles. The standard InChI is InChI=1S/C21H28ClFN2O4/c1-19(2,3)29-18(27)25(11-14-5-10-24-16(22)15(14)23)13-20-6-8-21(12-20,9-7-20)17(26)28-4/h5,10H,6-9,11-13H2,1-4H3. The molecule has 2 fully saturated rings. The molecule has 0 spiro atoms. The van der Waals surface area contributed by atoms with E-state index in [4.69, 9.17) is 21.1 Å². The minimum atomic E-state index is -0.678. The number of carbonyl (C=O) groups excluding carboxylic acids is 2. The number of aromatic nitrogens is 1. The summed E-state index contributed by atoms with van der Waals surface area (Å²) in [5.41, 5.74) is -1.05. The number of fused-ring (bicyclic) bond motifs is 2. The summed E-state index contributed by atoms with van der Waals surface area (Å²) in [6.45, 7) is 5.78. The van der Waals surface area contributed by atoms with Crippen LogP contribution < -0.4 is 0 Å². The van der Waals surface area contributed by atoms with Crippen molar-refractivity contribution in [3.8, 4) is 0 Å². The number of rotatable bonds is 5. The molecule has 0 radical (unpaired) electrons. The Morgan fingerprint density at radius 2 is 1.93 bits per heavy atom. The molecule has 0 saturated heterocycles. The second-order valence-corrected chi connectivity index (χ2v) is 9.72. The van der Waals surface area contributed by atoms with Gasteiger partial charge >= 0.3 is 12.1 Å². The Bertz CT molecular complexity index is 800. The van der Waals surface area contributed by atoms with Crippen molar-refractivity contribution in [2.45, 2.75) is 65.0 Å². The monoisotopic (exact) mass is 426 g/mol. The minimum absolute atomic E-state index is 0.0238. The maximum Gasteiger partial charge on any atom is 0.410 e. The van der Waals surface area contributed by atoms with Crippen LogP contribution in [0.1, 0.15) is 58.4 Å². The van der Waals surface area contributed by atoms with E-state index in [1.54, 1.807) is 20.8 Å². The van der Waals surface area contributed by atoms with Crippen LogP contribution >= 0.6 is 11.6 Å². The fraction of sp³-hybridized carbons (Fsp3) is 0.667. The summed E-state index contributed by atoms with van der Waals surface area (Å²) in [6.07, 6.45) is 4.71. The normalized spacial score (nSPS) is 25.7. The molecule has 2 saturated carbocycles. The van der Waals surface area contributed by atoms with Crippen molar-refractivity contribution in [3.05, 3.63) is 28.8 Å². The average molecular weight is 427 g/mol. The first-order valence-electron chi connectivity index (χ1n) is 9.85. The zero-order valence-electron chi connectivity index (χ0n) is 17.4. The number of ether oxygens (including phenoxy) is 2. The molecule has 29 heavy (non-hydrogen) atoms. The van der Waals surface area contributed by atoms with Gasteiger partial charge in [-0.2, -0.15) is 0 Å². The van der Waals surface area contributed by atoms with Crippen LogP contribution in [0.2, 0.25) is 5.15 Å². The second-order valence-electron chi connectivity index (χ2n) is 9.36. The van der Waals surface area contributed by atoms with Gasteiger partial charge in [-0.05, 0) is 64.4 Å². The van der Waals surface area contributed by atoms with E-state index in [2.05, 4.69) is 4.98 Å². The molecule has 1 amide bonds. The molecule has 8 heteroatoms. The van der Waals surface area contributed by atoms with E-state index in [1.165, 1.54) is 24.3 Å². The van der Waals surface area contributed by atoms with Crippen LogP contribution in [0.5, 0.6) is 0 Å². The highest BCUT2D eigenvalue weighted by Crippen LogP contribution is 2.62. The number of nitrogens with zero attached hydrogens (tertiary/aromatic N) is 2. The SMILES string of the molecule is COC(=O)C12CCC(CN(Cc3ccnc(Cl)c3F)C(=O)OC(C)(C)C)(CC1)C2. The van der Waals surface area contributed by atoms with E-state index in [1.807, 2.05) is 0 Å². The lowest BCUT2D eigenvalue weighted by Crippen LogP contribution is -2.42. The smallest absolute Gasteiger partial charge is 0.410 e. The summed E-state index contributed by atoms with van der Waals surface area (Å²) < 4.78 is 25.0. The van der Waals surface area contributed by atoms with Crippen molar-refractivity contribution in [1.82, 2.24) is 9.88 Å². The molecule has 3 rings (SSSR count). The highest BCUT2D eigenvalue weighted by Gasteiger charge is 2.59. The molecule has 1 aromatic rings. The third-order valence-corrected chi connectivity index (χ3v) is 6.33. The molecule has 0 N–H and O–H groups in total. The van der Waals surface area contributed by atoms with E-state index in [0.717, 1.165) is 25.7 Å². The van der Waals surface area contributed by atoms with Crippen molar-refractivity contribution in [1.29, 1.82) is 0 Å². The number of halogens is 2. The quantitative estimate of drug-likeness (QED) is 0.502. The first kappa shape index (κ1) is 21.8. The zero-order valence-corrected chi connectivity index (χ0v) is 18.1. The number of esters is 1. The van der Waals surface area contributed by atoms with E-state index < -0.39 is 22.9 Å². The van der Waals surface area contributed by atoms with E-state index in [0.29, 0.717) is 13.0 Å². The molecule has 2 aliphatic carbocycles. The molecule has 2 aliphatic rings. The van der Waals surface area contributed by atoms with Crippen molar-refractivity contribution >= 4 is 23.7 Å². The molecule has 6 nitrogen and oxygen atoms in total. The third-order valence-electron chi connectivity index (χ3n) is 6.07. The molecule has 0 aliphatic heterocycles. The minimum Gasteiger partial charge on any atom is -0.469 e. The first-order valence-corrected chi connectivity index (χ1v) is 10.2. The maximum atomic E-state index is 14.4. The molecule has 2 bridgehead atoms. The lowest BCUT2D eigenvalue weighted by molar-refractivity contribution is -0.152. The lowest BCUT2D eigenvalue weighted by Gasteiger charge is -2.35. The van der Waals surface area contributed by atoms with E-state index in [-0.39, 0.29) is 28.6 Å². The fourth-order valence-corrected chi connectivity index (χ4v) is 4.91. The third kappa shape index (κ3) is 4.49. The van der Waals surface area contributed by atoms with Crippen molar-refractivity contribution in [2.24, 2.45) is 10.8 Å². The van der Waals surface area contributed by atoms with E-state index >= 15 is 0 Å². The summed E-state index contributed by atoms with van der Waals surface area (Å²) in [4.78, 5) is 30.5. The zero-order chi connectivity index (χ0) is 21.4. The van der Waals surface area contributed by atoms with Gasteiger partial charge in [0.25, 0.3) is 0 Å². The molecule has 1 aromatic heterocycles. The van der Waals surface area contributed by atoms with Crippen molar-refractivity contribution in [2.75, 3.05) is 13.7 Å². The number of pyridine rings is 1. The molecule has 1 heterocycles. The Kier molecular flexibility index (Phi) is 5.82. The van der Waals surface area contributed by atoms with Crippen LogP contribution in [0, 0.1) is 16.6 Å². The highest BCUT2D eigenvalue weighted by atomic mass is 35.5. The first-order chi connectivity index (χ1) is 13.5. The predicted molar refractivity (Wildman–Crippen MR) is 106 cm³/mol. The molecular formula is C21H28ClFN2O4. The number of amides is 1. The van der Waals surface area contributed by atoms with Gasteiger partial charge in [0.1, 0.15) is 5.60 Å². The van der Waals surface area contributed by atoms with Crippen LogP contribution in [0.3, 0.4) is 0 Å². The Morgan fingerprint density at radius 3 is 2.52 bits per heavy atom. The van der Waals surface area contributed by atoms with Crippen LogP contribution in [-0.4, -0.2) is 41.2 Å². The number of hydrogen-bond donors (Lipinski definition) is 0. The number of methoxy groups -OCH3 is 1. The number of hydrogen-bond acceptors (Lipinski definition) is 5. The molecule has 0 atom stereocenters.